The largest absolute Gasteiger partial charge is 0.482 e. The van der Waals surface area contributed by atoms with Gasteiger partial charge >= 0.3 is 0 Å². The molecule has 8 heteroatoms. The number of non-ortho nitro benzene ring substituents is 1. The first kappa shape index (κ1) is 16.3. The minimum absolute atomic E-state index is 0.0736. The van der Waals surface area contributed by atoms with Crippen LogP contribution >= 0.6 is 27.5 Å². The van der Waals surface area contributed by atoms with E-state index in [1.807, 2.05) is 6.07 Å². The molecule has 0 aromatic heterocycles. The van der Waals surface area contributed by atoms with Crippen LogP contribution in [0.4, 0.5) is 11.4 Å². The number of hydrogen-bond donors (Lipinski definition) is 1. The van der Waals surface area contributed by atoms with Gasteiger partial charge in [0.25, 0.3) is 11.6 Å². The second-order valence-electron chi connectivity index (χ2n) is 4.22. The molecule has 0 fully saturated rings. The molecule has 114 valence electrons. The van der Waals surface area contributed by atoms with Crippen LogP contribution in [0.5, 0.6) is 5.75 Å². The van der Waals surface area contributed by atoms with Crippen LogP contribution in [0.3, 0.4) is 0 Å². The molecule has 0 aliphatic rings. The Kier molecular flexibility index (Phi) is 5.35. The van der Waals surface area contributed by atoms with E-state index in [0.717, 1.165) is 4.47 Å². The van der Waals surface area contributed by atoms with E-state index in [-0.39, 0.29) is 29.0 Å². The standard InChI is InChI=1S/C14H10BrClN2O4/c15-9-2-1-3-10(6-9)17-14(19)8-22-13-5-4-11(18(20)21)7-12(13)16/h1-7H,8H2,(H,17,19). The molecule has 0 aliphatic heterocycles. The van der Waals surface area contributed by atoms with Gasteiger partial charge in [-0.3, -0.25) is 14.9 Å². The summed E-state index contributed by atoms with van der Waals surface area (Å²) in [6, 6.07) is 10.9. The van der Waals surface area contributed by atoms with Gasteiger partial charge in [0.1, 0.15) is 5.75 Å². The number of benzene rings is 2. The highest BCUT2D eigenvalue weighted by Crippen LogP contribution is 2.28. The predicted molar refractivity (Wildman–Crippen MR) is 86.4 cm³/mol. The van der Waals surface area contributed by atoms with E-state index in [4.69, 9.17) is 16.3 Å². The maximum Gasteiger partial charge on any atom is 0.271 e. The number of amides is 1. The fourth-order valence-electron chi connectivity index (χ4n) is 1.63. The maximum atomic E-state index is 11.8. The number of nitrogens with zero attached hydrogens (tertiary/aromatic N) is 1. The van der Waals surface area contributed by atoms with Gasteiger partial charge in [-0.05, 0) is 24.3 Å². The first-order valence-electron chi connectivity index (χ1n) is 6.08. The lowest BCUT2D eigenvalue weighted by Crippen LogP contribution is -2.20. The van der Waals surface area contributed by atoms with Crippen molar-refractivity contribution in [2.75, 3.05) is 11.9 Å². The summed E-state index contributed by atoms with van der Waals surface area (Å²) in [5, 5.41) is 13.3. The van der Waals surface area contributed by atoms with Gasteiger partial charge in [0, 0.05) is 22.3 Å². The van der Waals surface area contributed by atoms with Crippen molar-refractivity contribution in [1.82, 2.24) is 0 Å². The van der Waals surface area contributed by atoms with Crippen molar-refractivity contribution in [3.63, 3.8) is 0 Å². The number of hydrogen-bond acceptors (Lipinski definition) is 4. The zero-order valence-electron chi connectivity index (χ0n) is 11.1. The third kappa shape index (κ3) is 4.44. The summed E-state index contributed by atoms with van der Waals surface area (Å²) >= 11 is 9.17. The zero-order valence-corrected chi connectivity index (χ0v) is 13.4. The van der Waals surface area contributed by atoms with Crippen LogP contribution < -0.4 is 10.1 Å². The van der Waals surface area contributed by atoms with E-state index in [0.29, 0.717) is 5.69 Å². The molecule has 0 radical (unpaired) electrons. The van der Waals surface area contributed by atoms with Crippen LogP contribution in [0.1, 0.15) is 0 Å². The first-order valence-corrected chi connectivity index (χ1v) is 7.25. The van der Waals surface area contributed by atoms with Gasteiger partial charge in [-0.25, -0.2) is 0 Å². The van der Waals surface area contributed by atoms with Crippen molar-refractivity contribution in [2.24, 2.45) is 0 Å². The fourth-order valence-corrected chi connectivity index (χ4v) is 2.26. The maximum absolute atomic E-state index is 11.8. The number of nitro benzene ring substituents is 1. The van der Waals surface area contributed by atoms with E-state index in [2.05, 4.69) is 21.2 Å². The van der Waals surface area contributed by atoms with E-state index in [1.165, 1.54) is 18.2 Å². The highest BCUT2D eigenvalue weighted by molar-refractivity contribution is 9.10. The minimum atomic E-state index is -0.560. The van der Waals surface area contributed by atoms with Crippen molar-refractivity contribution in [2.45, 2.75) is 0 Å². The molecule has 6 nitrogen and oxygen atoms in total. The lowest BCUT2D eigenvalue weighted by molar-refractivity contribution is -0.384. The Morgan fingerprint density at radius 1 is 1.32 bits per heavy atom. The molecule has 2 rings (SSSR count). The van der Waals surface area contributed by atoms with E-state index >= 15 is 0 Å². The summed E-state index contributed by atoms with van der Waals surface area (Å²) in [6.45, 7) is -0.260. The average molecular weight is 386 g/mol. The Morgan fingerprint density at radius 2 is 2.09 bits per heavy atom. The number of anilines is 1. The van der Waals surface area contributed by atoms with Crippen molar-refractivity contribution in [3.05, 3.63) is 62.1 Å². The smallest absolute Gasteiger partial charge is 0.271 e. The molecule has 1 N–H and O–H groups in total. The Hall–Kier alpha value is -2.12. The Labute approximate surface area is 139 Å². The van der Waals surface area contributed by atoms with Crippen LogP contribution in [0.25, 0.3) is 0 Å². The lowest BCUT2D eigenvalue weighted by Gasteiger charge is -2.09. The number of carbonyl (C=O) groups is 1. The third-order valence-corrected chi connectivity index (χ3v) is 3.38. The molecule has 0 saturated heterocycles. The second-order valence-corrected chi connectivity index (χ2v) is 5.54. The second kappa shape index (κ2) is 7.24. The lowest BCUT2D eigenvalue weighted by atomic mass is 10.3. The van der Waals surface area contributed by atoms with Gasteiger partial charge in [-0.15, -0.1) is 0 Å². The third-order valence-electron chi connectivity index (χ3n) is 2.59. The first-order chi connectivity index (χ1) is 10.5. The molecule has 22 heavy (non-hydrogen) atoms. The van der Waals surface area contributed by atoms with Crippen LogP contribution in [0, 0.1) is 10.1 Å². The topological polar surface area (TPSA) is 81.5 Å². The number of nitro groups is 1. The summed E-state index contributed by atoms with van der Waals surface area (Å²) in [6.07, 6.45) is 0. The van der Waals surface area contributed by atoms with Crippen LogP contribution in [-0.2, 0) is 4.79 Å². The Balaban J connectivity index is 1.95. The molecule has 0 saturated carbocycles. The Morgan fingerprint density at radius 3 is 2.73 bits per heavy atom. The van der Waals surface area contributed by atoms with Crippen LogP contribution in [0.15, 0.2) is 46.9 Å². The minimum Gasteiger partial charge on any atom is -0.482 e. The fraction of sp³-hybridized carbons (Fsp3) is 0.0714. The average Bonchev–Trinajstić information content (AvgIpc) is 2.45. The number of carbonyl (C=O) groups excluding carboxylic acids is 1. The van der Waals surface area contributed by atoms with Crippen LogP contribution in [-0.4, -0.2) is 17.4 Å². The normalized spacial score (nSPS) is 10.1. The number of rotatable bonds is 5. The molecule has 1 amide bonds. The zero-order chi connectivity index (χ0) is 16.1. The van der Waals surface area contributed by atoms with E-state index in [1.54, 1.807) is 18.2 Å². The quantitative estimate of drug-likeness (QED) is 0.622. The highest BCUT2D eigenvalue weighted by atomic mass is 79.9. The predicted octanol–water partition coefficient (Wildman–Crippen LogP) is 4.03. The SMILES string of the molecule is O=C(COc1ccc([N+](=O)[O-])cc1Cl)Nc1cccc(Br)c1. The van der Waals surface area contributed by atoms with Gasteiger partial charge in [0.15, 0.2) is 6.61 Å². The van der Waals surface area contributed by atoms with Crippen molar-refractivity contribution >= 4 is 44.8 Å². The molecular weight excluding hydrogens is 376 g/mol. The molecule has 0 spiro atoms. The highest BCUT2D eigenvalue weighted by Gasteiger charge is 2.11. The van der Waals surface area contributed by atoms with Crippen molar-refractivity contribution in [1.29, 1.82) is 0 Å². The van der Waals surface area contributed by atoms with Gasteiger partial charge in [-0.1, -0.05) is 33.6 Å². The van der Waals surface area contributed by atoms with Gasteiger partial charge < -0.3 is 10.1 Å². The monoisotopic (exact) mass is 384 g/mol. The summed E-state index contributed by atoms with van der Waals surface area (Å²) in [5.74, 6) is -0.163. The Bertz CT molecular complexity index is 724. The molecule has 0 heterocycles. The van der Waals surface area contributed by atoms with Crippen molar-refractivity contribution in [3.8, 4) is 5.75 Å². The van der Waals surface area contributed by atoms with Gasteiger partial charge in [0.05, 0.1) is 9.95 Å². The molecule has 0 atom stereocenters. The molecule has 0 bridgehead atoms. The molecular formula is C14H10BrClN2O4. The number of nitrogens with one attached hydrogen (secondary N) is 1. The molecule has 0 aliphatic carbocycles. The summed E-state index contributed by atoms with van der Waals surface area (Å²) in [4.78, 5) is 21.8. The van der Waals surface area contributed by atoms with E-state index < -0.39 is 4.92 Å². The van der Waals surface area contributed by atoms with Gasteiger partial charge in [0.2, 0.25) is 0 Å². The summed E-state index contributed by atoms with van der Waals surface area (Å²) < 4.78 is 6.10. The number of halogens is 2. The molecule has 2 aromatic carbocycles. The van der Waals surface area contributed by atoms with Gasteiger partial charge in [-0.2, -0.15) is 0 Å². The van der Waals surface area contributed by atoms with E-state index in [9.17, 15) is 14.9 Å². The van der Waals surface area contributed by atoms with Crippen LogP contribution in [0.2, 0.25) is 5.02 Å². The van der Waals surface area contributed by atoms with Crippen molar-refractivity contribution < 1.29 is 14.5 Å². The molecule has 2 aromatic rings. The summed E-state index contributed by atoms with van der Waals surface area (Å²) in [7, 11) is 0. The molecule has 0 unspecified atom stereocenters. The summed E-state index contributed by atoms with van der Waals surface area (Å²) in [5.41, 5.74) is 0.480. The number of ether oxygens (including phenoxy) is 1.